The van der Waals surface area contributed by atoms with E-state index in [1.165, 1.54) is 5.56 Å². The summed E-state index contributed by atoms with van der Waals surface area (Å²) in [4.78, 5) is 21.5. The van der Waals surface area contributed by atoms with E-state index in [1.54, 1.807) is 6.20 Å². The lowest BCUT2D eigenvalue weighted by Crippen LogP contribution is -2.28. The third-order valence-corrected chi connectivity index (χ3v) is 4.43. The first-order valence-corrected chi connectivity index (χ1v) is 8.94. The Bertz CT molecular complexity index is 1040. The second-order valence-corrected chi connectivity index (χ2v) is 6.36. The first kappa shape index (κ1) is 17.0. The zero-order chi connectivity index (χ0) is 18.5. The number of para-hydroxylation sites is 2. The molecule has 4 rings (SSSR count). The van der Waals surface area contributed by atoms with Gasteiger partial charge in [0.2, 0.25) is 5.91 Å². The number of aromatic nitrogens is 3. The normalized spacial score (nSPS) is 10.8. The molecule has 5 nitrogen and oxygen atoms in total. The van der Waals surface area contributed by atoms with E-state index in [2.05, 4.69) is 22.4 Å². The minimum Gasteiger partial charge on any atom is -0.349 e. The molecule has 1 amide bonds. The summed E-state index contributed by atoms with van der Waals surface area (Å²) < 4.78 is 2.00. The number of fused-ring (bicyclic) bond motifs is 1. The van der Waals surface area contributed by atoms with Gasteiger partial charge in [0.25, 0.3) is 0 Å². The van der Waals surface area contributed by atoms with Gasteiger partial charge in [0.05, 0.1) is 23.3 Å². The number of pyridine rings is 1. The molecule has 0 saturated carbocycles. The molecule has 2 aromatic heterocycles. The topological polar surface area (TPSA) is 59.8 Å². The molecule has 5 heteroatoms. The van der Waals surface area contributed by atoms with Crippen molar-refractivity contribution in [1.82, 2.24) is 19.9 Å². The maximum absolute atomic E-state index is 12.5. The quantitative estimate of drug-likeness (QED) is 0.576. The van der Waals surface area contributed by atoms with Gasteiger partial charge in [0, 0.05) is 12.6 Å². The number of benzene rings is 2. The maximum atomic E-state index is 12.5. The third-order valence-electron chi connectivity index (χ3n) is 4.43. The molecule has 0 radical (unpaired) electrons. The Morgan fingerprint density at radius 3 is 2.52 bits per heavy atom. The molecule has 134 valence electrons. The van der Waals surface area contributed by atoms with E-state index in [1.807, 2.05) is 65.2 Å². The van der Waals surface area contributed by atoms with Gasteiger partial charge in [0.1, 0.15) is 12.4 Å². The molecule has 0 spiro atoms. The van der Waals surface area contributed by atoms with Crippen LogP contribution in [0.3, 0.4) is 0 Å². The van der Waals surface area contributed by atoms with E-state index in [9.17, 15) is 4.79 Å². The average molecular weight is 356 g/mol. The fraction of sp³-hybridized carbons (Fsp3) is 0.136. The van der Waals surface area contributed by atoms with Gasteiger partial charge in [-0.15, -0.1) is 0 Å². The zero-order valence-electron chi connectivity index (χ0n) is 14.9. The maximum Gasteiger partial charge on any atom is 0.240 e. The van der Waals surface area contributed by atoms with Crippen molar-refractivity contribution in [2.45, 2.75) is 19.5 Å². The van der Waals surface area contributed by atoms with Crippen molar-refractivity contribution in [2.24, 2.45) is 0 Å². The number of amides is 1. The van der Waals surface area contributed by atoms with Crippen LogP contribution in [-0.2, 0) is 24.3 Å². The second kappa shape index (κ2) is 7.83. The van der Waals surface area contributed by atoms with E-state index in [0.29, 0.717) is 13.0 Å². The number of imidazole rings is 1. The van der Waals surface area contributed by atoms with Gasteiger partial charge in [-0.05, 0) is 29.8 Å². The number of carbonyl (C=O) groups is 1. The Hall–Kier alpha value is -3.47. The second-order valence-electron chi connectivity index (χ2n) is 6.36. The Labute approximate surface area is 157 Å². The lowest BCUT2D eigenvalue weighted by molar-refractivity contribution is -0.121. The molecule has 0 bridgehead atoms. The fourth-order valence-corrected chi connectivity index (χ4v) is 3.11. The first-order chi connectivity index (χ1) is 13.3. The number of hydrogen-bond acceptors (Lipinski definition) is 3. The Morgan fingerprint density at radius 2 is 1.70 bits per heavy atom. The molecule has 27 heavy (non-hydrogen) atoms. The molecule has 2 heterocycles. The van der Waals surface area contributed by atoms with Gasteiger partial charge in [-0.2, -0.15) is 0 Å². The number of carbonyl (C=O) groups excluding carboxylic acids is 1. The predicted molar refractivity (Wildman–Crippen MR) is 105 cm³/mol. The fourth-order valence-electron chi connectivity index (χ4n) is 3.11. The predicted octanol–water partition coefficient (Wildman–Crippen LogP) is 3.34. The highest BCUT2D eigenvalue weighted by Crippen LogP contribution is 2.18. The number of nitrogens with one attached hydrogen (secondary N) is 1. The molecule has 1 N–H and O–H groups in total. The lowest BCUT2D eigenvalue weighted by atomic mass is 10.1. The van der Waals surface area contributed by atoms with Crippen molar-refractivity contribution < 1.29 is 4.79 Å². The Balaban J connectivity index is 1.56. The summed E-state index contributed by atoms with van der Waals surface area (Å²) in [5.74, 6) is 0.827. The van der Waals surface area contributed by atoms with Gasteiger partial charge in [-0.3, -0.25) is 9.78 Å². The van der Waals surface area contributed by atoms with Gasteiger partial charge >= 0.3 is 0 Å². The van der Waals surface area contributed by atoms with Crippen LogP contribution >= 0.6 is 0 Å². The van der Waals surface area contributed by atoms with Crippen molar-refractivity contribution >= 4 is 16.9 Å². The average Bonchev–Trinajstić information content (AvgIpc) is 3.05. The van der Waals surface area contributed by atoms with Gasteiger partial charge in [-0.25, -0.2) is 4.98 Å². The lowest BCUT2D eigenvalue weighted by Gasteiger charge is -2.10. The zero-order valence-corrected chi connectivity index (χ0v) is 14.9. The van der Waals surface area contributed by atoms with Crippen LogP contribution in [0.5, 0.6) is 0 Å². The van der Waals surface area contributed by atoms with Crippen LogP contribution in [0.1, 0.15) is 17.1 Å². The van der Waals surface area contributed by atoms with Gasteiger partial charge < -0.3 is 9.88 Å². The van der Waals surface area contributed by atoms with Crippen molar-refractivity contribution in [1.29, 1.82) is 0 Å². The van der Waals surface area contributed by atoms with Crippen LogP contribution in [0.25, 0.3) is 11.0 Å². The summed E-state index contributed by atoms with van der Waals surface area (Å²) in [7, 11) is 0. The van der Waals surface area contributed by atoms with E-state index < -0.39 is 0 Å². The van der Waals surface area contributed by atoms with Gasteiger partial charge in [-0.1, -0.05) is 48.5 Å². The number of nitrogens with zero attached hydrogens (tertiary/aromatic N) is 3. The van der Waals surface area contributed by atoms with E-state index in [-0.39, 0.29) is 12.5 Å². The van der Waals surface area contributed by atoms with Crippen molar-refractivity contribution in [2.75, 3.05) is 0 Å². The van der Waals surface area contributed by atoms with E-state index in [4.69, 9.17) is 4.98 Å². The molecule has 0 atom stereocenters. The largest absolute Gasteiger partial charge is 0.349 e. The molecule has 0 fully saturated rings. The van der Waals surface area contributed by atoms with Crippen molar-refractivity contribution in [3.05, 3.63) is 96.1 Å². The highest BCUT2D eigenvalue weighted by molar-refractivity contribution is 5.81. The summed E-state index contributed by atoms with van der Waals surface area (Å²) in [5.41, 5.74) is 3.88. The van der Waals surface area contributed by atoms with Crippen LogP contribution < -0.4 is 5.32 Å². The summed E-state index contributed by atoms with van der Waals surface area (Å²) in [6, 6.07) is 23.8. The summed E-state index contributed by atoms with van der Waals surface area (Å²) in [6.45, 7) is 0.649. The van der Waals surface area contributed by atoms with Crippen LogP contribution in [-0.4, -0.2) is 20.4 Å². The minimum absolute atomic E-state index is 0.0573. The van der Waals surface area contributed by atoms with E-state index in [0.717, 1.165) is 22.6 Å². The van der Waals surface area contributed by atoms with Crippen LogP contribution in [0.4, 0.5) is 0 Å². The minimum atomic E-state index is -0.0573. The van der Waals surface area contributed by atoms with Crippen LogP contribution in [0.2, 0.25) is 0 Å². The molecule has 0 aliphatic carbocycles. The highest BCUT2D eigenvalue weighted by atomic mass is 16.1. The van der Waals surface area contributed by atoms with Crippen LogP contribution in [0.15, 0.2) is 79.0 Å². The first-order valence-electron chi connectivity index (χ1n) is 8.94. The van der Waals surface area contributed by atoms with Crippen LogP contribution in [0, 0.1) is 0 Å². The number of hydrogen-bond donors (Lipinski definition) is 1. The standard InChI is InChI=1S/C22H20N4O/c27-22(24-15-18-10-6-7-13-23-18)16-26-20-12-5-4-11-19(20)25-21(26)14-17-8-2-1-3-9-17/h1-13H,14-16H2,(H,24,27). The molecular formula is C22H20N4O. The molecule has 2 aromatic carbocycles. The Morgan fingerprint density at radius 1 is 0.926 bits per heavy atom. The third kappa shape index (κ3) is 4.03. The SMILES string of the molecule is O=C(Cn1c(Cc2ccccc2)nc2ccccc21)NCc1ccccn1. The highest BCUT2D eigenvalue weighted by Gasteiger charge is 2.14. The summed E-state index contributed by atoms with van der Waals surface area (Å²) >= 11 is 0. The molecule has 0 unspecified atom stereocenters. The smallest absolute Gasteiger partial charge is 0.240 e. The number of rotatable bonds is 6. The summed E-state index contributed by atoms with van der Waals surface area (Å²) in [5, 5.41) is 2.94. The molecule has 4 aromatic rings. The molecule has 0 aliphatic heterocycles. The van der Waals surface area contributed by atoms with Crippen molar-refractivity contribution in [3.8, 4) is 0 Å². The Kier molecular flexibility index (Phi) is 4.92. The summed E-state index contributed by atoms with van der Waals surface area (Å²) in [6.07, 6.45) is 2.41. The van der Waals surface area contributed by atoms with E-state index >= 15 is 0 Å². The van der Waals surface area contributed by atoms with Gasteiger partial charge in [0.15, 0.2) is 0 Å². The molecule has 0 saturated heterocycles. The molecule has 0 aliphatic rings. The van der Waals surface area contributed by atoms with Crippen molar-refractivity contribution in [3.63, 3.8) is 0 Å². The monoisotopic (exact) mass is 356 g/mol. The molecular weight excluding hydrogens is 336 g/mol.